The standard InChI is InChI=1S/3C4H9O.Al.3Li.3H/c3*1-4(2,3)5;;;;;;;/h3*1-3H3;;;;;;;/q3*-1;;3*+1;;;. The summed E-state index contributed by atoms with van der Waals surface area (Å²) in [6, 6.07) is 0. The number of hydrogen-bond donors (Lipinski definition) is 0. The van der Waals surface area contributed by atoms with Crippen LogP contribution in [0.2, 0.25) is 0 Å². The van der Waals surface area contributed by atoms with E-state index < -0.39 is 16.8 Å². The topological polar surface area (TPSA) is 69.2 Å². The molecular formula is C12H30AlLi3O3. The average molecular weight is 270 g/mol. The van der Waals surface area contributed by atoms with Crippen LogP contribution in [0.3, 0.4) is 0 Å². The summed E-state index contributed by atoms with van der Waals surface area (Å²) in [5.74, 6) is 0. The largest absolute Gasteiger partial charge is 1.00 e. The van der Waals surface area contributed by atoms with Crippen molar-refractivity contribution in [2.24, 2.45) is 0 Å². The van der Waals surface area contributed by atoms with Gasteiger partial charge in [0.25, 0.3) is 0 Å². The van der Waals surface area contributed by atoms with Crippen molar-refractivity contribution in [2.45, 2.75) is 79.1 Å². The molecule has 0 aromatic rings. The third-order valence-electron chi connectivity index (χ3n) is 0. The van der Waals surface area contributed by atoms with E-state index in [-0.39, 0.29) is 73.9 Å². The van der Waals surface area contributed by atoms with Crippen molar-refractivity contribution < 1.29 is 71.9 Å². The van der Waals surface area contributed by atoms with Crippen LogP contribution in [-0.4, -0.2) is 34.2 Å². The van der Waals surface area contributed by atoms with Gasteiger partial charge in [-0.3, -0.25) is 0 Å². The molecule has 0 aliphatic heterocycles. The van der Waals surface area contributed by atoms with Gasteiger partial charge < -0.3 is 15.3 Å². The molecular weight excluding hydrogens is 240 g/mol. The van der Waals surface area contributed by atoms with E-state index in [4.69, 9.17) is 0 Å². The van der Waals surface area contributed by atoms with Gasteiger partial charge in [-0.15, -0.1) is 16.8 Å². The minimum atomic E-state index is -0.750. The second kappa shape index (κ2) is 18.3. The minimum absolute atomic E-state index is 0. The number of rotatable bonds is 0. The quantitative estimate of drug-likeness (QED) is 0.410. The summed E-state index contributed by atoms with van der Waals surface area (Å²) in [6.45, 7) is 14.7. The fourth-order valence-electron chi connectivity index (χ4n) is 0. The van der Waals surface area contributed by atoms with E-state index in [1.165, 1.54) is 0 Å². The van der Waals surface area contributed by atoms with Gasteiger partial charge in [0.05, 0.1) is 0 Å². The van der Waals surface area contributed by atoms with E-state index >= 15 is 0 Å². The van der Waals surface area contributed by atoms with Crippen LogP contribution in [0.15, 0.2) is 0 Å². The van der Waals surface area contributed by atoms with Crippen molar-refractivity contribution in [3.63, 3.8) is 0 Å². The Morgan fingerprint density at radius 2 is 0.421 bits per heavy atom. The Hall–Kier alpha value is 2.20. The average Bonchev–Trinajstić information content (AvgIpc) is 1.41. The Morgan fingerprint density at radius 3 is 0.421 bits per heavy atom. The van der Waals surface area contributed by atoms with Gasteiger partial charge >= 0.3 is 56.6 Å². The van der Waals surface area contributed by atoms with E-state index in [1.807, 2.05) is 0 Å². The molecule has 0 rings (SSSR count). The molecule has 102 valence electrons. The summed E-state index contributed by atoms with van der Waals surface area (Å²) in [5.41, 5.74) is -2.25. The van der Waals surface area contributed by atoms with Gasteiger partial charge in [0.15, 0.2) is 17.4 Å². The monoisotopic (exact) mass is 270 g/mol. The Kier molecular flexibility index (Phi) is 41.2. The van der Waals surface area contributed by atoms with E-state index in [1.54, 1.807) is 62.3 Å². The Balaban J connectivity index is -0.0000000206. The number of hydrogen-bond acceptors (Lipinski definition) is 3. The maximum atomic E-state index is 10.1. The summed E-state index contributed by atoms with van der Waals surface area (Å²) in [7, 11) is 0. The van der Waals surface area contributed by atoms with Crippen molar-refractivity contribution in [2.75, 3.05) is 0 Å². The van der Waals surface area contributed by atoms with Crippen LogP contribution in [0.25, 0.3) is 0 Å². The minimum Gasteiger partial charge on any atom is -0.850 e. The van der Waals surface area contributed by atoms with Crippen LogP contribution >= 0.6 is 0 Å². The Morgan fingerprint density at radius 1 is 0.421 bits per heavy atom. The first-order valence-electron chi connectivity index (χ1n) is 5.11. The van der Waals surface area contributed by atoms with Crippen LogP contribution < -0.4 is 71.9 Å². The molecule has 0 saturated carbocycles. The van der Waals surface area contributed by atoms with Crippen LogP contribution in [0.1, 0.15) is 62.3 Å². The molecule has 0 spiro atoms. The summed E-state index contributed by atoms with van der Waals surface area (Å²) in [6.07, 6.45) is 0. The van der Waals surface area contributed by atoms with Gasteiger partial charge in [-0.1, -0.05) is 62.3 Å². The SMILES string of the molecule is CC(C)(C)[O-].CC(C)(C)[O-].CC(C)(C)[O-].[AlH3].[Li+].[Li+].[Li+]. The first-order valence-corrected chi connectivity index (χ1v) is 5.11. The molecule has 0 aromatic carbocycles. The van der Waals surface area contributed by atoms with E-state index in [2.05, 4.69) is 0 Å². The molecule has 0 amide bonds. The molecule has 0 bridgehead atoms. The Bertz CT molecular complexity index is 103. The molecule has 0 heterocycles. The third-order valence-corrected chi connectivity index (χ3v) is 0. The van der Waals surface area contributed by atoms with Crippen LogP contribution in [-0.2, 0) is 0 Å². The zero-order chi connectivity index (χ0) is 13.5. The van der Waals surface area contributed by atoms with Crippen molar-refractivity contribution in [1.29, 1.82) is 0 Å². The summed E-state index contributed by atoms with van der Waals surface area (Å²) in [5, 5.41) is 30.3. The molecule has 0 aliphatic carbocycles. The molecule has 7 heteroatoms. The first-order chi connectivity index (χ1) is 6.00. The van der Waals surface area contributed by atoms with Gasteiger partial charge in [-0.25, -0.2) is 0 Å². The van der Waals surface area contributed by atoms with Crippen molar-refractivity contribution in [3.05, 3.63) is 0 Å². The first kappa shape index (κ1) is 42.9. The van der Waals surface area contributed by atoms with Gasteiger partial charge in [-0.2, -0.15) is 0 Å². The van der Waals surface area contributed by atoms with Crippen LogP contribution in [0, 0.1) is 0 Å². The molecule has 19 heavy (non-hydrogen) atoms. The zero-order valence-corrected chi connectivity index (χ0v) is 14.7. The van der Waals surface area contributed by atoms with E-state index in [0.29, 0.717) is 0 Å². The third kappa shape index (κ3) is 1380. The van der Waals surface area contributed by atoms with Gasteiger partial charge in [0, 0.05) is 0 Å². The molecule has 0 radical (unpaired) electrons. The second-order valence-electron chi connectivity index (χ2n) is 6.34. The van der Waals surface area contributed by atoms with Crippen molar-refractivity contribution in [1.82, 2.24) is 0 Å². The summed E-state index contributed by atoms with van der Waals surface area (Å²) >= 11 is 0. The van der Waals surface area contributed by atoms with Gasteiger partial charge in [0.2, 0.25) is 0 Å². The molecule has 0 aromatic heterocycles. The van der Waals surface area contributed by atoms with Crippen molar-refractivity contribution in [3.8, 4) is 0 Å². The molecule has 0 fully saturated rings. The molecule has 0 saturated heterocycles. The Labute approximate surface area is 167 Å². The molecule has 0 unspecified atom stereocenters. The molecule has 0 atom stereocenters. The maximum Gasteiger partial charge on any atom is 1.00 e. The van der Waals surface area contributed by atoms with Crippen LogP contribution in [0.4, 0.5) is 0 Å². The summed E-state index contributed by atoms with van der Waals surface area (Å²) < 4.78 is 0. The predicted molar refractivity (Wildman–Crippen MR) is 69.2 cm³/mol. The molecule has 0 N–H and O–H groups in total. The van der Waals surface area contributed by atoms with E-state index in [0.717, 1.165) is 0 Å². The predicted octanol–water partition coefficient (Wildman–Crippen LogP) is -9.74. The summed E-state index contributed by atoms with van der Waals surface area (Å²) in [4.78, 5) is 0. The fraction of sp³-hybridized carbons (Fsp3) is 1.00. The normalized spacial score (nSPS) is 9.47. The van der Waals surface area contributed by atoms with Crippen LogP contribution in [0.5, 0.6) is 0 Å². The van der Waals surface area contributed by atoms with Gasteiger partial charge in [-0.05, 0) is 0 Å². The molecule has 3 nitrogen and oxygen atoms in total. The second-order valence-corrected chi connectivity index (χ2v) is 6.34. The van der Waals surface area contributed by atoms with Gasteiger partial charge in [0.1, 0.15) is 0 Å². The smallest absolute Gasteiger partial charge is 0.850 e. The molecule has 0 aliphatic rings. The van der Waals surface area contributed by atoms with E-state index in [9.17, 15) is 15.3 Å². The fourth-order valence-corrected chi connectivity index (χ4v) is 0. The van der Waals surface area contributed by atoms with Crippen molar-refractivity contribution >= 4 is 17.4 Å². The zero-order valence-electron chi connectivity index (χ0n) is 14.7. The maximum absolute atomic E-state index is 10.1.